The van der Waals surface area contributed by atoms with Gasteiger partial charge in [0, 0.05) is 31.4 Å². The number of ether oxygens (including phenoxy) is 1. The van der Waals surface area contributed by atoms with Crippen molar-refractivity contribution in [2.45, 2.75) is 39.7 Å². The van der Waals surface area contributed by atoms with Gasteiger partial charge in [-0.3, -0.25) is 0 Å². The molecule has 0 bridgehead atoms. The monoisotopic (exact) mass is 290 g/mol. The van der Waals surface area contributed by atoms with Gasteiger partial charge in [-0.2, -0.15) is 0 Å². The number of fused-ring (bicyclic) bond motifs is 1. The Labute approximate surface area is 129 Å². The largest absolute Gasteiger partial charge is 0.379 e. The second kappa shape index (κ2) is 7.81. The summed E-state index contributed by atoms with van der Waals surface area (Å²) in [6.07, 6.45) is 2.44. The van der Waals surface area contributed by atoms with Crippen molar-refractivity contribution in [3.05, 3.63) is 29.3 Å². The van der Waals surface area contributed by atoms with Crippen LogP contribution in [0.25, 0.3) is 0 Å². The number of anilines is 1. The van der Waals surface area contributed by atoms with E-state index >= 15 is 0 Å². The van der Waals surface area contributed by atoms with Gasteiger partial charge < -0.3 is 15.0 Å². The fourth-order valence-electron chi connectivity index (χ4n) is 2.86. The molecule has 1 aromatic rings. The maximum absolute atomic E-state index is 5.74. The van der Waals surface area contributed by atoms with Crippen LogP contribution < -0.4 is 10.2 Å². The fourth-order valence-corrected chi connectivity index (χ4v) is 2.86. The van der Waals surface area contributed by atoms with Gasteiger partial charge in [0.2, 0.25) is 0 Å². The summed E-state index contributed by atoms with van der Waals surface area (Å²) >= 11 is 0. The van der Waals surface area contributed by atoms with Gasteiger partial charge >= 0.3 is 0 Å². The number of hydrogen-bond donors (Lipinski definition) is 1. The van der Waals surface area contributed by atoms with E-state index in [1.807, 2.05) is 7.05 Å². The van der Waals surface area contributed by atoms with E-state index in [4.69, 9.17) is 4.74 Å². The lowest BCUT2D eigenvalue weighted by molar-refractivity contribution is 0.115. The van der Waals surface area contributed by atoms with Crippen molar-refractivity contribution in [3.8, 4) is 0 Å². The third-order valence-electron chi connectivity index (χ3n) is 4.21. The summed E-state index contributed by atoms with van der Waals surface area (Å²) < 4.78 is 5.74. The Hall–Kier alpha value is -1.06. The molecule has 1 unspecified atom stereocenters. The number of nitrogens with zero attached hydrogens (tertiary/aromatic N) is 1. The molecule has 21 heavy (non-hydrogen) atoms. The first-order valence-electron chi connectivity index (χ1n) is 8.24. The Bertz CT molecular complexity index is 445. The summed E-state index contributed by atoms with van der Waals surface area (Å²) in [6, 6.07) is 7.34. The molecule has 0 saturated carbocycles. The summed E-state index contributed by atoms with van der Waals surface area (Å²) in [5, 5.41) is 3.32. The van der Waals surface area contributed by atoms with E-state index in [0.29, 0.717) is 12.0 Å². The SMILES string of the molecule is CNC(C)c1ccc2c(c1)CCCN2CCOCC(C)C. The minimum Gasteiger partial charge on any atom is -0.379 e. The Morgan fingerprint density at radius 3 is 2.81 bits per heavy atom. The molecule has 1 aromatic carbocycles. The molecule has 0 amide bonds. The molecule has 1 atom stereocenters. The summed E-state index contributed by atoms with van der Waals surface area (Å²) in [7, 11) is 2.02. The summed E-state index contributed by atoms with van der Waals surface area (Å²) in [5.41, 5.74) is 4.28. The summed E-state index contributed by atoms with van der Waals surface area (Å²) in [5.74, 6) is 0.615. The normalized spacial score (nSPS) is 16.1. The van der Waals surface area contributed by atoms with Crippen molar-refractivity contribution in [1.82, 2.24) is 5.32 Å². The number of benzene rings is 1. The standard InChI is InChI=1S/C18H30N2O/c1-14(2)13-21-11-10-20-9-5-6-17-12-16(15(3)19-4)7-8-18(17)20/h7-8,12,14-15,19H,5-6,9-11,13H2,1-4H3. The molecule has 0 aromatic heterocycles. The van der Waals surface area contributed by atoms with Gasteiger partial charge in [0.25, 0.3) is 0 Å². The lowest BCUT2D eigenvalue weighted by Crippen LogP contribution is -2.33. The van der Waals surface area contributed by atoms with Crippen molar-refractivity contribution in [2.24, 2.45) is 5.92 Å². The average Bonchev–Trinajstić information content (AvgIpc) is 2.50. The lowest BCUT2D eigenvalue weighted by atomic mass is 9.97. The van der Waals surface area contributed by atoms with Crippen LogP contribution in [0.15, 0.2) is 18.2 Å². The molecule has 1 aliphatic rings. The van der Waals surface area contributed by atoms with E-state index < -0.39 is 0 Å². The van der Waals surface area contributed by atoms with Gasteiger partial charge in [-0.1, -0.05) is 26.0 Å². The molecule has 0 aliphatic carbocycles. The van der Waals surface area contributed by atoms with Crippen LogP contribution in [0.1, 0.15) is 44.4 Å². The third kappa shape index (κ3) is 4.45. The molecule has 118 valence electrons. The molecular weight excluding hydrogens is 260 g/mol. The highest BCUT2D eigenvalue weighted by atomic mass is 16.5. The van der Waals surface area contributed by atoms with Crippen molar-refractivity contribution in [1.29, 1.82) is 0 Å². The van der Waals surface area contributed by atoms with E-state index in [-0.39, 0.29) is 0 Å². The van der Waals surface area contributed by atoms with Crippen molar-refractivity contribution in [2.75, 3.05) is 38.3 Å². The first-order chi connectivity index (χ1) is 10.1. The Balaban J connectivity index is 1.99. The Morgan fingerprint density at radius 2 is 2.10 bits per heavy atom. The highest BCUT2D eigenvalue weighted by Gasteiger charge is 2.17. The van der Waals surface area contributed by atoms with Gasteiger partial charge in [0.1, 0.15) is 0 Å². The predicted octanol–water partition coefficient (Wildman–Crippen LogP) is 3.39. The first-order valence-corrected chi connectivity index (χ1v) is 8.24. The topological polar surface area (TPSA) is 24.5 Å². The Kier molecular flexibility index (Phi) is 6.07. The van der Waals surface area contributed by atoms with Gasteiger partial charge in [0.15, 0.2) is 0 Å². The maximum Gasteiger partial charge on any atom is 0.0641 e. The number of rotatable bonds is 7. The van der Waals surface area contributed by atoms with Crippen molar-refractivity contribution < 1.29 is 4.74 Å². The van der Waals surface area contributed by atoms with Crippen LogP contribution >= 0.6 is 0 Å². The minimum absolute atomic E-state index is 0.417. The van der Waals surface area contributed by atoms with E-state index in [0.717, 1.165) is 26.3 Å². The van der Waals surface area contributed by atoms with Crippen LogP contribution in [0, 0.1) is 5.92 Å². The van der Waals surface area contributed by atoms with Crippen LogP contribution in [-0.2, 0) is 11.2 Å². The van der Waals surface area contributed by atoms with Crippen molar-refractivity contribution in [3.63, 3.8) is 0 Å². The van der Waals surface area contributed by atoms with Crippen LogP contribution in [0.5, 0.6) is 0 Å². The number of nitrogens with one attached hydrogen (secondary N) is 1. The lowest BCUT2D eigenvalue weighted by Gasteiger charge is -2.32. The fraction of sp³-hybridized carbons (Fsp3) is 0.667. The predicted molar refractivity (Wildman–Crippen MR) is 90.1 cm³/mol. The zero-order valence-electron chi connectivity index (χ0n) is 14.0. The zero-order chi connectivity index (χ0) is 15.2. The molecule has 0 fully saturated rings. The smallest absolute Gasteiger partial charge is 0.0641 e. The van der Waals surface area contributed by atoms with Crippen molar-refractivity contribution >= 4 is 5.69 Å². The van der Waals surface area contributed by atoms with Crippen LogP contribution in [-0.4, -0.2) is 33.4 Å². The average molecular weight is 290 g/mol. The second-order valence-corrected chi connectivity index (χ2v) is 6.46. The van der Waals surface area contributed by atoms with Crippen LogP contribution in [0.4, 0.5) is 5.69 Å². The molecule has 3 heteroatoms. The molecule has 3 nitrogen and oxygen atoms in total. The van der Waals surface area contributed by atoms with E-state index in [1.54, 1.807) is 0 Å². The molecule has 0 saturated heterocycles. The third-order valence-corrected chi connectivity index (χ3v) is 4.21. The first kappa shape index (κ1) is 16.3. The summed E-state index contributed by atoms with van der Waals surface area (Å²) in [4.78, 5) is 2.48. The van der Waals surface area contributed by atoms with E-state index in [9.17, 15) is 0 Å². The number of hydrogen-bond acceptors (Lipinski definition) is 3. The molecule has 0 radical (unpaired) electrons. The van der Waals surface area contributed by atoms with E-state index in [1.165, 1.54) is 29.7 Å². The quantitative estimate of drug-likeness (QED) is 0.779. The van der Waals surface area contributed by atoms with Gasteiger partial charge in [-0.05, 0) is 49.9 Å². The van der Waals surface area contributed by atoms with Gasteiger partial charge in [-0.25, -0.2) is 0 Å². The molecule has 1 heterocycles. The maximum atomic E-state index is 5.74. The second-order valence-electron chi connectivity index (χ2n) is 6.46. The number of aryl methyl sites for hydroxylation is 1. The zero-order valence-corrected chi connectivity index (χ0v) is 14.0. The highest BCUT2D eigenvalue weighted by molar-refractivity contribution is 5.57. The molecular formula is C18H30N2O. The molecule has 2 rings (SSSR count). The van der Waals surface area contributed by atoms with Gasteiger partial charge in [0.05, 0.1) is 6.61 Å². The van der Waals surface area contributed by atoms with Crippen LogP contribution in [0.3, 0.4) is 0 Å². The van der Waals surface area contributed by atoms with Crippen LogP contribution in [0.2, 0.25) is 0 Å². The molecule has 1 aliphatic heterocycles. The Morgan fingerprint density at radius 1 is 1.29 bits per heavy atom. The van der Waals surface area contributed by atoms with E-state index in [2.05, 4.69) is 49.2 Å². The molecule has 1 N–H and O–H groups in total. The summed E-state index contributed by atoms with van der Waals surface area (Å²) in [6.45, 7) is 10.4. The molecule has 0 spiro atoms. The minimum atomic E-state index is 0.417. The van der Waals surface area contributed by atoms with Gasteiger partial charge in [-0.15, -0.1) is 0 Å². The highest BCUT2D eigenvalue weighted by Crippen LogP contribution is 2.29.